The van der Waals surface area contributed by atoms with Crippen LogP contribution in [0.25, 0.3) is 0 Å². The van der Waals surface area contributed by atoms with E-state index in [2.05, 4.69) is 5.18 Å². The van der Waals surface area contributed by atoms with Crippen molar-refractivity contribution in [3.8, 4) is 11.5 Å². The molecule has 8 heteroatoms. The summed E-state index contributed by atoms with van der Waals surface area (Å²) in [5, 5.41) is 13.2. The Hall–Kier alpha value is -4.23. The third-order valence-corrected chi connectivity index (χ3v) is 6.52. The van der Waals surface area contributed by atoms with Crippen molar-refractivity contribution in [1.82, 2.24) is 4.57 Å². The second kappa shape index (κ2) is 11.2. The lowest BCUT2D eigenvalue weighted by Crippen LogP contribution is -2.16. The standard InChI is InChI=1S/C29H25ClN2O5/c1-18-14-22(30)9-12-25(18)26(16-27(31-36)21-8-13-28(33)32(2)17-21)19-6-10-23(11-7-19)37-24-5-3-4-20(15-24)29(34)35/h3-15,17,26-27H,16H2,1-2H3,(H,34,35). The topological polar surface area (TPSA) is 98.0 Å². The Kier molecular flexibility index (Phi) is 7.84. The number of benzene rings is 3. The lowest BCUT2D eigenvalue weighted by molar-refractivity contribution is 0.0696. The Morgan fingerprint density at radius 2 is 1.73 bits per heavy atom. The number of pyridine rings is 1. The summed E-state index contributed by atoms with van der Waals surface area (Å²) >= 11 is 6.20. The van der Waals surface area contributed by atoms with E-state index in [1.165, 1.54) is 22.8 Å². The highest BCUT2D eigenvalue weighted by Crippen LogP contribution is 2.38. The Balaban J connectivity index is 1.67. The molecule has 7 nitrogen and oxygen atoms in total. The first-order valence-corrected chi connectivity index (χ1v) is 12.0. The molecule has 1 heterocycles. The number of carboxylic acids is 1. The van der Waals surface area contributed by atoms with Crippen LogP contribution in [0.1, 0.15) is 51.0 Å². The van der Waals surface area contributed by atoms with Crippen molar-refractivity contribution in [3.05, 3.63) is 133 Å². The summed E-state index contributed by atoms with van der Waals surface area (Å²) in [6.07, 6.45) is 2.02. The fourth-order valence-electron chi connectivity index (χ4n) is 4.35. The lowest BCUT2D eigenvalue weighted by Gasteiger charge is -2.23. The van der Waals surface area contributed by atoms with Gasteiger partial charge in [-0.3, -0.25) is 4.79 Å². The molecule has 37 heavy (non-hydrogen) atoms. The molecule has 0 aliphatic rings. The maximum atomic E-state index is 12.0. The van der Waals surface area contributed by atoms with Crippen LogP contribution in [-0.2, 0) is 7.05 Å². The fourth-order valence-corrected chi connectivity index (χ4v) is 4.57. The van der Waals surface area contributed by atoms with E-state index in [1.54, 1.807) is 43.6 Å². The molecule has 4 rings (SSSR count). The average molecular weight is 517 g/mol. The predicted molar refractivity (Wildman–Crippen MR) is 143 cm³/mol. The van der Waals surface area contributed by atoms with Gasteiger partial charge in [0.2, 0.25) is 5.56 Å². The number of nitrogens with zero attached hydrogens (tertiary/aromatic N) is 2. The highest BCUT2D eigenvalue weighted by molar-refractivity contribution is 6.30. The third-order valence-electron chi connectivity index (χ3n) is 6.29. The van der Waals surface area contributed by atoms with Crippen LogP contribution in [0.2, 0.25) is 5.02 Å². The van der Waals surface area contributed by atoms with Crippen LogP contribution in [-0.4, -0.2) is 15.6 Å². The first-order valence-electron chi connectivity index (χ1n) is 11.6. The number of aryl methyl sites for hydroxylation is 2. The van der Waals surface area contributed by atoms with Crippen LogP contribution < -0.4 is 10.3 Å². The molecule has 0 saturated carbocycles. The lowest BCUT2D eigenvalue weighted by atomic mass is 9.83. The van der Waals surface area contributed by atoms with Crippen molar-refractivity contribution in [1.29, 1.82) is 0 Å². The van der Waals surface area contributed by atoms with Crippen LogP contribution in [0.5, 0.6) is 11.5 Å². The number of hydrogen-bond donors (Lipinski definition) is 1. The summed E-state index contributed by atoms with van der Waals surface area (Å²) in [5.41, 5.74) is 3.56. The van der Waals surface area contributed by atoms with Crippen molar-refractivity contribution >= 4 is 17.6 Å². The van der Waals surface area contributed by atoms with Gasteiger partial charge in [0.05, 0.1) is 5.56 Å². The highest BCUT2D eigenvalue weighted by atomic mass is 35.5. The zero-order valence-corrected chi connectivity index (χ0v) is 21.1. The number of rotatable bonds is 9. The molecule has 0 radical (unpaired) electrons. The van der Waals surface area contributed by atoms with Crippen LogP contribution in [0.3, 0.4) is 0 Å². The fraction of sp³-hybridized carbons (Fsp3) is 0.172. The number of carboxylic acid groups (broad SMARTS) is 1. The maximum absolute atomic E-state index is 12.0. The van der Waals surface area contributed by atoms with E-state index in [-0.39, 0.29) is 17.0 Å². The Bertz CT molecular complexity index is 1500. The number of nitroso groups, excluding NO2 is 1. The van der Waals surface area contributed by atoms with Crippen molar-refractivity contribution in [2.24, 2.45) is 12.2 Å². The summed E-state index contributed by atoms with van der Waals surface area (Å²) in [6.45, 7) is 1.97. The minimum Gasteiger partial charge on any atom is -0.478 e. The molecule has 0 spiro atoms. The first-order chi connectivity index (χ1) is 17.7. The van der Waals surface area contributed by atoms with Crippen LogP contribution in [0.4, 0.5) is 0 Å². The molecule has 0 aliphatic carbocycles. The van der Waals surface area contributed by atoms with Crippen molar-refractivity contribution in [2.75, 3.05) is 0 Å². The molecular weight excluding hydrogens is 492 g/mol. The van der Waals surface area contributed by atoms with Gasteiger partial charge in [0.25, 0.3) is 0 Å². The van der Waals surface area contributed by atoms with Gasteiger partial charge in [-0.05, 0) is 84.1 Å². The maximum Gasteiger partial charge on any atom is 0.335 e. The third kappa shape index (κ3) is 6.13. The first kappa shape index (κ1) is 25.9. The van der Waals surface area contributed by atoms with E-state index in [4.69, 9.17) is 16.3 Å². The average Bonchev–Trinajstić information content (AvgIpc) is 2.88. The minimum absolute atomic E-state index is 0.137. The Labute approximate surface area is 218 Å². The van der Waals surface area contributed by atoms with Gasteiger partial charge in [-0.25, -0.2) is 4.79 Å². The zero-order valence-electron chi connectivity index (χ0n) is 20.3. The molecule has 1 N–H and O–H groups in total. The van der Waals surface area contributed by atoms with Gasteiger partial charge in [-0.1, -0.05) is 41.0 Å². The Morgan fingerprint density at radius 3 is 2.38 bits per heavy atom. The number of carbonyl (C=O) groups is 1. The Morgan fingerprint density at radius 1 is 1.00 bits per heavy atom. The SMILES string of the molecule is Cc1cc(Cl)ccc1C(CC(N=O)c1ccc(=O)n(C)c1)c1ccc(Oc2cccc(C(=O)O)c2)cc1. The normalized spacial score (nSPS) is 12.5. The summed E-state index contributed by atoms with van der Waals surface area (Å²) < 4.78 is 7.30. The summed E-state index contributed by atoms with van der Waals surface area (Å²) in [5.74, 6) is -0.265. The molecule has 3 aromatic carbocycles. The van der Waals surface area contributed by atoms with E-state index >= 15 is 0 Å². The molecule has 0 saturated heterocycles. The molecule has 1 aromatic heterocycles. The summed E-state index contributed by atoms with van der Waals surface area (Å²) in [4.78, 5) is 35.0. The van der Waals surface area contributed by atoms with Gasteiger partial charge in [0, 0.05) is 30.3 Å². The van der Waals surface area contributed by atoms with E-state index in [1.807, 2.05) is 37.3 Å². The summed E-state index contributed by atoms with van der Waals surface area (Å²) in [6, 6.07) is 21.8. The number of halogens is 1. The van der Waals surface area contributed by atoms with E-state index < -0.39 is 12.0 Å². The highest BCUT2D eigenvalue weighted by Gasteiger charge is 2.24. The molecular formula is C29H25ClN2O5. The monoisotopic (exact) mass is 516 g/mol. The molecule has 0 bridgehead atoms. The van der Waals surface area contributed by atoms with Gasteiger partial charge >= 0.3 is 5.97 Å². The van der Waals surface area contributed by atoms with Gasteiger partial charge in [-0.2, -0.15) is 4.91 Å². The molecule has 2 unspecified atom stereocenters. The van der Waals surface area contributed by atoms with Crippen molar-refractivity contribution in [2.45, 2.75) is 25.3 Å². The quantitative estimate of drug-likeness (QED) is 0.245. The van der Waals surface area contributed by atoms with Crippen LogP contribution >= 0.6 is 11.6 Å². The van der Waals surface area contributed by atoms with Crippen LogP contribution in [0, 0.1) is 11.8 Å². The smallest absolute Gasteiger partial charge is 0.335 e. The van der Waals surface area contributed by atoms with Gasteiger partial charge in [0.1, 0.15) is 17.5 Å². The molecule has 188 valence electrons. The second-order valence-corrected chi connectivity index (χ2v) is 9.26. The van der Waals surface area contributed by atoms with Crippen molar-refractivity contribution in [3.63, 3.8) is 0 Å². The number of hydrogen-bond acceptors (Lipinski definition) is 5. The molecule has 0 aliphatic heterocycles. The predicted octanol–water partition coefficient (Wildman–Crippen LogP) is 6.87. The minimum atomic E-state index is -1.03. The van der Waals surface area contributed by atoms with E-state index in [9.17, 15) is 19.6 Å². The summed E-state index contributed by atoms with van der Waals surface area (Å²) in [7, 11) is 1.64. The number of ether oxygens (including phenoxy) is 1. The van der Waals surface area contributed by atoms with E-state index in [0.717, 1.165) is 16.7 Å². The van der Waals surface area contributed by atoms with Gasteiger partial charge < -0.3 is 14.4 Å². The van der Waals surface area contributed by atoms with Crippen LogP contribution in [0.15, 0.2) is 95.0 Å². The number of aromatic carboxylic acids is 1. The van der Waals surface area contributed by atoms with Crippen molar-refractivity contribution < 1.29 is 14.6 Å². The molecule has 0 fully saturated rings. The molecule has 0 amide bonds. The molecule has 4 aromatic rings. The second-order valence-electron chi connectivity index (χ2n) is 8.83. The number of aromatic nitrogens is 1. The van der Waals surface area contributed by atoms with Gasteiger partial charge in [0.15, 0.2) is 0 Å². The largest absolute Gasteiger partial charge is 0.478 e. The van der Waals surface area contributed by atoms with Gasteiger partial charge in [-0.15, -0.1) is 0 Å². The molecule has 2 atom stereocenters. The zero-order chi connectivity index (χ0) is 26.5. The van der Waals surface area contributed by atoms with E-state index in [0.29, 0.717) is 28.5 Å².